The molecule has 4 aromatic rings. The van der Waals surface area contributed by atoms with E-state index in [2.05, 4.69) is 39.1 Å². The van der Waals surface area contributed by atoms with Crippen molar-refractivity contribution < 1.29 is 9.63 Å². The van der Waals surface area contributed by atoms with Crippen LogP contribution in [0.25, 0.3) is 22.5 Å². The normalized spacial score (nSPS) is 10.9. The Labute approximate surface area is 149 Å². The summed E-state index contributed by atoms with van der Waals surface area (Å²) in [6, 6.07) is 18.0. The maximum atomic E-state index is 9.09. The van der Waals surface area contributed by atoms with Gasteiger partial charge in [-0.1, -0.05) is 53.7 Å². The lowest BCUT2D eigenvalue weighted by atomic mass is 10.1. The van der Waals surface area contributed by atoms with E-state index in [4.69, 9.17) is 9.63 Å². The number of aliphatic hydroxyl groups excluding tert-OH is 1. The molecule has 0 amide bonds. The van der Waals surface area contributed by atoms with Crippen molar-refractivity contribution in [3.05, 3.63) is 82.4 Å². The van der Waals surface area contributed by atoms with Crippen LogP contribution in [-0.2, 0) is 13.0 Å². The fourth-order valence-electron chi connectivity index (χ4n) is 2.62. The van der Waals surface area contributed by atoms with Gasteiger partial charge in [-0.3, -0.25) is 0 Å². The third-order valence-electron chi connectivity index (χ3n) is 4.03. The zero-order valence-electron chi connectivity index (χ0n) is 13.4. The predicted molar refractivity (Wildman–Crippen MR) is 98.2 cm³/mol. The first kappa shape index (κ1) is 15.7. The van der Waals surface area contributed by atoms with E-state index in [1.165, 1.54) is 11.1 Å². The molecule has 2 heterocycles. The van der Waals surface area contributed by atoms with E-state index in [1.54, 1.807) is 11.3 Å². The van der Waals surface area contributed by atoms with Gasteiger partial charge in [-0.05, 0) is 39.1 Å². The summed E-state index contributed by atoms with van der Waals surface area (Å²) in [5, 5.41) is 17.4. The Kier molecular flexibility index (Phi) is 4.41. The molecule has 0 aliphatic carbocycles. The fourth-order valence-corrected chi connectivity index (χ4v) is 3.29. The number of aromatic nitrogens is 2. The van der Waals surface area contributed by atoms with Gasteiger partial charge in [-0.15, -0.1) is 0 Å². The molecule has 4 rings (SSSR count). The maximum absolute atomic E-state index is 9.09. The van der Waals surface area contributed by atoms with E-state index >= 15 is 0 Å². The fraction of sp³-hybridized carbons (Fsp3) is 0.100. The molecule has 0 fully saturated rings. The first-order chi connectivity index (χ1) is 12.3. The van der Waals surface area contributed by atoms with Crippen molar-refractivity contribution in [2.75, 3.05) is 0 Å². The molecule has 0 unspecified atom stereocenters. The molecule has 25 heavy (non-hydrogen) atoms. The summed E-state index contributed by atoms with van der Waals surface area (Å²) in [6.07, 6.45) is 0.575. The molecule has 2 aromatic carbocycles. The summed E-state index contributed by atoms with van der Waals surface area (Å²) in [7, 11) is 0. The lowest BCUT2D eigenvalue weighted by Gasteiger charge is -1.99. The van der Waals surface area contributed by atoms with Gasteiger partial charge in [-0.2, -0.15) is 16.3 Å². The van der Waals surface area contributed by atoms with E-state index in [9.17, 15) is 0 Å². The molecule has 0 aliphatic heterocycles. The molecule has 0 atom stereocenters. The topological polar surface area (TPSA) is 59.2 Å². The van der Waals surface area contributed by atoms with Crippen LogP contribution in [0.5, 0.6) is 0 Å². The third-order valence-corrected chi connectivity index (χ3v) is 4.71. The molecule has 124 valence electrons. The van der Waals surface area contributed by atoms with Gasteiger partial charge >= 0.3 is 0 Å². The second-order valence-electron chi connectivity index (χ2n) is 5.75. The SMILES string of the molecule is OCc1ccc(Cc2nc(-c3ccc(-c4ccsc4)cc3)no2)cc1. The molecule has 5 heteroatoms. The van der Waals surface area contributed by atoms with Crippen LogP contribution in [0.3, 0.4) is 0 Å². The second-order valence-corrected chi connectivity index (χ2v) is 6.53. The first-order valence-corrected chi connectivity index (χ1v) is 8.90. The van der Waals surface area contributed by atoms with Crippen molar-refractivity contribution in [3.8, 4) is 22.5 Å². The smallest absolute Gasteiger partial charge is 0.231 e. The molecule has 0 spiro atoms. The highest BCUT2D eigenvalue weighted by atomic mass is 32.1. The summed E-state index contributed by atoms with van der Waals surface area (Å²) in [6.45, 7) is 0.0480. The van der Waals surface area contributed by atoms with Gasteiger partial charge in [0.15, 0.2) is 0 Å². The summed E-state index contributed by atoms with van der Waals surface area (Å²) >= 11 is 1.69. The minimum absolute atomic E-state index is 0.0480. The predicted octanol–water partition coefficient (Wildman–Crippen LogP) is 4.55. The molecule has 1 N–H and O–H groups in total. The highest BCUT2D eigenvalue weighted by Gasteiger charge is 2.10. The lowest BCUT2D eigenvalue weighted by molar-refractivity contribution is 0.282. The van der Waals surface area contributed by atoms with Crippen LogP contribution in [0.1, 0.15) is 17.0 Å². The van der Waals surface area contributed by atoms with Crippen LogP contribution < -0.4 is 0 Å². The summed E-state index contributed by atoms with van der Waals surface area (Å²) in [5.41, 5.74) is 5.29. The Hall–Kier alpha value is -2.76. The highest BCUT2D eigenvalue weighted by molar-refractivity contribution is 7.08. The van der Waals surface area contributed by atoms with Crippen LogP contribution >= 0.6 is 11.3 Å². The van der Waals surface area contributed by atoms with Gasteiger partial charge in [-0.25, -0.2) is 0 Å². The van der Waals surface area contributed by atoms with Crippen molar-refractivity contribution in [2.45, 2.75) is 13.0 Å². The van der Waals surface area contributed by atoms with Crippen molar-refractivity contribution in [1.82, 2.24) is 10.1 Å². The molecular weight excluding hydrogens is 332 g/mol. The van der Waals surface area contributed by atoms with Gasteiger partial charge in [0.2, 0.25) is 11.7 Å². The lowest BCUT2D eigenvalue weighted by Crippen LogP contribution is -1.90. The van der Waals surface area contributed by atoms with Gasteiger partial charge in [0.25, 0.3) is 0 Å². The van der Waals surface area contributed by atoms with Gasteiger partial charge in [0.1, 0.15) is 0 Å². The van der Waals surface area contributed by atoms with Crippen molar-refractivity contribution in [3.63, 3.8) is 0 Å². The molecule has 0 radical (unpaired) electrons. The zero-order chi connectivity index (χ0) is 17.1. The Morgan fingerprint density at radius 1 is 0.840 bits per heavy atom. The second kappa shape index (κ2) is 7.01. The number of benzene rings is 2. The van der Waals surface area contributed by atoms with Crippen molar-refractivity contribution in [2.24, 2.45) is 0 Å². The number of hydrogen-bond donors (Lipinski definition) is 1. The van der Waals surface area contributed by atoms with Crippen molar-refractivity contribution >= 4 is 11.3 Å². The minimum atomic E-state index is 0.0480. The number of thiophene rings is 1. The molecule has 4 nitrogen and oxygen atoms in total. The van der Waals surface area contributed by atoms with Crippen LogP contribution in [0.2, 0.25) is 0 Å². The van der Waals surface area contributed by atoms with Crippen molar-refractivity contribution in [1.29, 1.82) is 0 Å². The summed E-state index contributed by atoms with van der Waals surface area (Å²) in [5.74, 6) is 1.17. The van der Waals surface area contributed by atoms with E-state index in [-0.39, 0.29) is 6.61 Å². The highest BCUT2D eigenvalue weighted by Crippen LogP contribution is 2.25. The van der Waals surface area contributed by atoms with Crippen LogP contribution in [-0.4, -0.2) is 15.2 Å². The Balaban J connectivity index is 1.50. The van der Waals surface area contributed by atoms with E-state index < -0.39 is 0 Å². The minimum Gasteiger partial charge on any atom is -0.392 e. The molecular formula is C20H16N2O2S. The van der Waals surface area contributed by atoms with Gasteiger partial charge in [0, 0.05) is 5.56 Å². The van der Waals surface area contributed by atoms with Crippen LogP contribution in [0.4, 0.5) is 0 Å². The largest absolute Gasteiger partial charge is 0.392 e. The standard InChI is InChI=1S/C20H16N2O2S/c23-12-15-3-1-14(2-4-15)11-19-21-20(22-24-19)17-7-5-16(6-8-17)18-9-10-25-13-18/h1-10,13,23H,11-12H2. The summed E-state index contributed by atoms with van der Waals surface area (Å²) < 4.78 is 5.37. The first-order valence-electron chi connectivity index (χ1n) is 7.96. The molecule has 0 aliphatic rings. The third kappa shape index (κ3) is 3.52. The maximum Gasteiger partial charge on any atom is 0.231 e. The Bertz CT molecular complexity index is 942. The van der Waals surface area contributed by atoms with E-state index in [0.29, 0.717) is 18.1 Å². The molecule has 0 saturated carbocycles. The van der Waals surface area contributed by atoms with Gasteiger partial charge < -0.3 is 9.63 Å². The molecule has 0 saturated heterocycles. The monoisotopic (exact) mass is 348 g/mol. The zero-order valence-corrected chi connectivity index (χ0v) is 14.2. The van der Waals surface area contributed by atoms with E-state index in [1.807, 2.05) is 36.4 Å². The molecule has 0 bridgehead atoms. The summed E-state index contributed by atoms with van der Waals surface area (Å²) in [4.78, 5) is 4.49. The Morgan fingerprint density at radius 3 is 2.24 bits per heavy atom. The van der Waals surface area contributed by atoms with Gasteiger partial charge in [0.05, 0.1) is 13.0 Å². The Morgan fingerprint density at radius 2 is 1.56 bits per heavy atom. The molecule has 2 aromatic heterocycles. The number of rotatable bonds is 5. The van der Waals surface area contributed by atoms with Crippen LogP contribution in [0.15, 0.2) is 69.9 Å². The number of hydrogen-bond acceptors (Lipinski definition) is 5. The number of nitrogens with zero attached hydrogens (tertiary/aromatic N) is 2. The van der Waals surface area contributed by atoms with E-state index in [0.717, 1.165) is 16.7 Å². The van der Waals surface area contributed by atoms with Crippen LogP contribution in [0, 0.1) is 0 Å². The number of aliphatic hydroxyl groups is 1. The average Bonchev–Trinajstić information content (AvgIpc) is 3.35. The average molecular weight is 348 g/mol. The quantitative estimate of drug-likeness (QED) is 0.575.